The van der Waals surface area contributed by atoms with Gasteiger partial charge in [0, 0.05) is 0 Å². The Balaban J connectivity index is 2.87. The number of carbonyl (C=O) groups is 2. The van der Waals surface area contributed by atoms with E-state index in [2.05, 4.69) is 0 Å². The maximum absolute atomic E-state index is 11.8. The molecule has 17 heavy (non-hydrogen) atoms. The molecule has 0 N–H and O–H groups in total. The lowest BCUT2D eigenvalue weighted by Gasteiger charge is -2.19. The minimum atomic E-state index is -0.885. The van der Waals surface area contributed by atoms with Crippen molar-refractivity contribution in [1.82, 2.24) is 0 Å². The summed E-state index contributed by atoms with van der Waals surface area (Å²) in [5.41, 5.74) is 0.390. The molecule has 5 heteroatoms. The van der Waals surface area contributed by atoms with Gasteiger partial charge < -0.3 is 4.74 Å². The second kappa shape index (κ2) is 6.25. The zero-order valence-electron chi connectivity index (χ0n) is 9.72. The van der Waals surface area contributed by atoms with E-state index in [1.807, 2.05) is 6.92 Å². The molecule has 0 fully saturated rings. The average Bonchev–Trinajstić information content (AvgIpc) is 2.29. The van der Waals surface area contributed by atoms with Crippen molar-refractivity contribution in [3.05, 3.63) is 30.3 Å². The first-order chi connectivity index (χ1) is 8.06. The molecule has 0 aliphatic heterocycles. The number of nitrogens with zero attached hydrogens (tertiary/aromatic N) is 1. The monoisotopic (exact) mass is 255 g/mol. The lowest BCUT2D eigenvalue weighted by molar-refractivity contribution is 0.113. The van der Waals surface area contributed by atoms with Crippen molar-refractivity contribution in [2.75, 3.05) is 4.90 Å². The lowest BCUT2D eigenvalue weighted by atomic mass is 10.3. The molecule has 0 aliphatic carbocycles. The summed E-state index contributed by atoms with van der Waals surface area (Å²) in [4.78, 5) is 23.8. The molecule has 0 radical (unpaired) electrons. The van der Waals surface area contributed by atoms with E-state index in [-0.39, 0.29) is 6.10 Å². The molecule has 1 aromatic rings. The molecule has 1 rings (SSSR count). The van der Waals surface area contributed by atoms with E-state index in [0.29, 0.717) is 12.1 Å². The Labute approximate surface area is 105 Å². The summed E-state index contributed by atoms with van der Waals surface area (Å²) in [5.74, 6) is 0. The van der Waals surface area contributed by atoms with Gasteiger partial charge in [0.1, 0.15) is 6.10 Å². The molecule has 0 saturated carbocycles. The highest BCUT2D eigenvalue weighted by Crippen LogP contribution is 2.17. The molecule has 0 aliphatic rings. The van der Waals surface area contributed by atoms with Gasteiger partial charge in [0.05, 0.1) is 5.69 Å². The zero-order chi connectivity index (χ0) is 12.8. The Bertz CT molecular complexity index is 394. The van der Waals surface area contributed by atoms with Crippen LogP contribution in [0.4, 0.5) is 15.3 Å². The fraction of sp³-hybridized carbons (Fsp3) is 0.333. The van der Waals surface area contributed by atoms with Crippen molar-refractivity contribution in [3.63, 3.8) is 0 Å². The maximum Gasteiger partial charge on any atom is 0.422 e. The Morgan fingerprint density at radius 3 is 2.41 bits per heavy atom. The van der Waals surface area contributed by atoms with E-state index < -0.39 is 11.5 Å². The summed E-state index contributed by atoms with van der Waals surface area (Å²) in [6.07, 6.45) is -0.347. The first kappa shape index (κ1) is 13.5. The number of anilines is 1. The van der Waals surface area contributed by atoms with Gasteiger partial charge in [0.2, 0.25) is 0 Å². The van der Waals surface area contributed by atoms with Gasteiger partial charge in [0.15, 0.2) is 0 Å². The van der Waals surface area contributed by atoms with Crippen LogP contribution in [0.15, 0.2) is 30.3 Å². The van der Waals surface area contributed by atoms with E-state index in [1.54, 1.807) is 37.3 Å². The highest BCUT2D eigenvalue weighted by Gasteiger charge is 2.24. The van der Waals surface area contributed by atoms with Crippen LogP contribution in [-0.4, -0.2) is 17.6 Å². The van der Waals surface area contributed by atoms with E-state index in [1.165, 1.54) is 0 Å². The second-order valence-corrected chi connectivity index (χ2v) is 3.85. The molecule has 1 aromatic carbocycles. The van der Waals surface area contributed by atoms with E-state index in [9.17, 15) is 9.59 Å². The average molecular weight is 256 g/mol. The van der Waals surface area contributed by atoms with Crippen molar-refractivity contribution in [3.8, 4) is 0 Å². The van der Waals surface area contributed by atoms with Gasteiger partial charge in [0.25, 0.3) is 0 Å². The summed E-state index contributed by atoms with van der Waals surface area (Å²) < 4.78 is 5.06. The van der Waals surface area contributed by atoms with Crippen LogP contribution in [0.1, 0.15) is 20.3 Å². The molecule has 92 valence electrons. The maximum atomic E-state index is 11.8. The second-order valence-electron chi connectivity index (χ2n) is 3.53. The number of halogens is 1. The van der Waals surface area contributed by atoms with Crippen LogP contribution in [0, 0.1) is 0 Å². The van der Waals surface area contributed by atoms with Gasteiger partial charge in [-0.2, -0.15) is 0 Å². The summed E-state index contributed by atoms with van der Waals surface area (Å²) in [6.45, 7) is 3.63. The van der Waals surface area contributed by atoms with Gasteiger partial charge in [-0.1, -0.05) is 25.1 Å². The minimum absolute atomic E-state index is 0.260. The Morgan fingerprint density at radius 1 is 1.35 bits per heavy atom. The highest BCUT2D eigenvalue weighted by molar-refractivity contribution is 6.68. The number of hydrogen-bond acceptors (Lipinski definition) is 3. The van der Waals surface area contributed by atoms with Crippen molar-refractivity contribution in [1.29, 1.82) is 0 Å². The van der Waals surface area contributed by atoms with E-state index in [0.717, 1.165) is 4.90 Å². The van der Waals surface area contributed by atoms with Crippen molar-refractivity contribution in [2.45, 2.75) is 26.4 Å². The molecule has 0 aromatic heterocycles. The number of carbonyl (C=O) groups excluding carboxylic acids is 2. The Hall–Kier alpha value is -1.55. The van der Waals surface area contributed by atoms with Crippen LogP contribution in [0.5, 0.6) is 0 Å². The molecule has 0 bridgehead atoms. The first-order valence-electron chi connectivity index (χ1n) is 5.31. The third kappa shape index (κ3) is 3.75. The van der Waals surface area contributed by atoms with Gasteiger partial charge >= 0.3 is 11.5 Å². The zero-order valence-corrected chi connectivity index (χ0v) is 10.5. The highest BCUT2D eigenvalue weighted by atomic mass is 35.5. The topological polar surface area (TPSA) is 46.6 Å². The van der Waals surface area contributed by atoms with Crippen LogP contribution in [0.2, 0.25) is 0 Å². The smallest absolute Gasteiger partial charge is 0.422 e. The molecule has 4 nitrogen and oxygen atoms in total. The number of ether oxygens (including phenoxy) is 1. The molecule has 2 amide bonds. The van der Waals surface area contributed by atoms with Crippen LogP contribution >= 0.6 is 11.6 Å². The fourth-order valence-corrected chi connectivity index (χ4v) is 1.33. The number of hydrogen-bond donors (Lipinski definition) is 0. The normalized spacial score (nSPS) is 11.7. The number of benzene rings is 1. The van der Waals surface area contributed by atoms with Crippen LogP contribution < -0.4 is 4.90 Å². The number of rotatable bonds is 3. The van der Waals surface area contributed by atoms with Crippen molar-refractivity contribution >= 4 is 28.7 Å². The summed E-state index contributed by atoms with van der Waals surface area (Å²) in [5, 5.41) is -0.885. The first-order valence-corrected chi connectivity index (χ1v) is 5.69. The Morgan fingerprint density at radius 2 is 1.94 bits per heavy atom. The lowest BCUT2D eigenvalue weighted by Crippen LogP contribution is -2.35. The van der Waals surface area contributed by atoms with Gasteiger partial charge in [-0.25, -0.2) is 9.69 Å². The third-order valence-corrected chi connectivity index (χ3v) is 2.42. The molecular weight excluding hydrogens is 242 g/mol. The largest absolute Gasteiger partial charge is 0.446 e. The number of para-hydroxylation sites is 1. The van der Waals surface area contributed by atoms with E-state index in [4.69, 9.17) is 16.3 Å². The summed E-state index contributed by atoms with van der Waals surface area (Å²) in [7, 11) is 0. The van der Waals surface area contributed by atoms with E-state index >= 15 is 0 Å². The molecule has 1 unspecified atom stereocenters. The van der Waals surface area contributed by atoms with Crippen LogP contribution in [0.3, 0.4) is 0 Å². The van der Waals surface area contributed by atoms with Crippen LogP contribution in [0.25, 0.3) is 0 Å². The SMILES string of the molecule is CCC(C)OC(=O)N(C(=O)Cl)c1ccccc1. The molecule has 0 saturated heterocycles. The standard InChI is InChI=1S/C12H14ClNO3/c1-3-9(2)17-12(16)14(11(13)15)10-7-5-4-6-8-10/h4-9H,3H2,1-2H3. The molecule has 0 spiro atoms. The number of amides is 2. The molecule has 0 heterocycles. The fourth-order valence-electron chi connectivity index (χ4n) is 1.16. The molecule has 1 atom stereocenters. The van der Waals surface area contributed by atoms with Gasteiger partial charge in [-0.15, -0.1) is 0 Å². The van der Waals surface area contributed by atoms with Crippen molar-refractivity contribution < 1.29 is 14.3 Å². The summed E-state index contributed by atoms with van der Waals surface area (Å²) in [6, 6.07) is 8.41. The number of imide groups is 1. The quantitative estimate of drug-likeness (QED) is 0.610. The Kier molecular flexibility index (Phi) is 4.97. The van der Waals surface area contributed by atoms with Gasteiger partial charge in [-0.3, -0.25) is 4.79 Å². The van der Waals surface area contributed by atoms with Crippen molar-refractivity contribution in [2.24, 2.45) is 0 Å². The van der Waals surface area contributed by atoms with Gasteiger partial charge in [-0.05, 0) is 37.1 Å². The van der Waals surface area contributed by atoms with Crippen LogP contribution in [-0.2, 0) is 4.74 Å². The predicted molar refractivity (Wildman–Crippen MR) is 66.4 cm³/mol. The predicted octanol–water partition coefficient (Wildman–Crippen LogP) is 3.79. The minimum Gasteiger partial charge on any atom is -0.446 e. The molecular formula is C12H14ClNO3. The summed E-state index contributed by atoms with van der Waals surface area (Å²) >= 11 is 5.39. The third-order valence-electron chi connectivity index (χ3n) is 2.25.